The van der Waals surface area contributed by atoms with Gasteiger partial charge in [0.2, 0.25) is 0 Å². The van der Waals surface area contributed by atoms with Crippen LogP contribution in [0.1, 0.15) is 30.6 Å². The Morgan fingerprint density at radius 3 is 3.00 bits per heavy atom. The van der Waals surface area contributed by atoms with Crippen LogP contribution in [0.3, 0.4) is 0 Å². The van der Waals surface area contributed by atoms with Crippen molar-refractivity contribution < 1.29 is 5.11 Å². The standard InChI is InChI=1S/C9H14N2O/c1-2-8(10)9-7(6-12)4-3-5-11-9/h3-5,8,12H,2,6,10H2,1H3. The van der Waals surface area contributed by atoms with Gasteiger partial charge >= 0.3 is 0 Å². The zero-order chi connectivity index (χ0) is 8.97. The van der Waals surface area contributed by atoms with Crippen molar-refractivity contribution in [1.29, 1.82) is 0 Å². The quantitative estimate of drug-likeness (QED) is 0.703. The average Bonchev–Trinajstić information content (AvgIpc) is 2.16. The first-order valence-corrected chi connectivity index (χ1v) is 4.09. The highest BCUT2D eigenvalue weighted by Crippen LogP contribution is 2.15. The Balaban J connectivity index is 2.96. The number of pyridine rings is 1. The Morgan fingerprint density at radius 1 is 1.67 bits per heavy atom. The highest BCUT2D eigenvalue weighted by Gasteiger charge is 2.08. The van der Waals surface area contributed by atoms with E-state index in [1.807, 2.05) is 13.0 Å². The number of aliphatic hydroxyl groups is 1. The van der Waals surface area contributed by atoms with Gasteiger partial charge in [-0.1, -0.05) is 13.0 Å². The van der Waals surface area contributed by atoms with Crippen LogP contribution in [0.4, 0.5) is 0 Å². The molecule has 0 aliphatic rings. The van der Waals surface area contributed by atoms with Crippen LogP contribution in [-0.2, 0) is 6.61 Å². The fourth-order valence-electron chi connectivity index (χ4n) is 1.11. The Labute approximate surface area is 72.2 Å². The molecule has 0 fully saturated rings. The topological polar surface area (TPSA) is 59.1 Å². The van der Waals surface area contributed by atoms with E-state index in [1.54, 1.807) is 12.3 Å². The Hall–Kier alpha value is -0.930. The Kier molecular flexibility index (Phi) is 3.19. The van der Waals surface area contributed by atoms with Crippen LogP contribution in [0, 0.1) is 0 Å². The third kappa shape index (κ3) is 1.81. The Morgan fingerprint density at radius 2 is 2.42 bits per heavy atom. The molecule has 0 aromatic carbocycles. The van der Waals surface area contributed by atoms with Gasteiger partial charge < -0.3 is 10.8 Å². The van der Waals surface area contributed by atoms with Crippen LogP contribution in [0.2, 0.25) is 0 Å². The van der Waals surface area contributed by atoms with E-state index >= 15 is 0 Å². The van der Waals surface area contributed by atoms with E-state index in [0.717, 1.165) is 17.7 Å². The number of aromatic nitrogens is 1. The van der Waals surface area contributed by atoms with Crippen LogP contribution in [-0.4, -0.2) is 10.1 Å². The highest BCUT2D eigenvalue weighted by molar-refractivity contribution is 5.21. The number of nitrogens with two attached hydrogens (primary N) is 1. The SMILES string of the molecule is CCC(N)c1ncccc1CO. The van der Waals surface area contributed by atoms with Gasteiger partial charge in [0.1, 0.15) is 0 Å². The van der Waals surface area contributed by atoms with E-state index in [1.165, 1.54) is 0 Å². The fourth-order valence-corrected chi connectivity index (χ4v) is 1.11. The number of nitrogens with zero attached hydrogens (tertiary/aromatic N) is 1. The van der Waals surface area contributed by atoms with Gasteiger partial charge in [0.05, 0.1) is 12.3 Å². The molecule has 0 saturated carbocycles. The third-order valence-electron chi connectivity index (χ3n) is 1.89. The van der Waals surface area contributed by atoms with E-state index in [4.69, 9.17) is 10.8 Å². The maximum absolute atomic E-state index is 8.97. The second-order valence-corrected chi connectivity index (χ2v) is 2.72. The first-order chi connectivity index (χ1) is 5.79. The minimum absolute atomic E-state index is 0.0108. The smallest absolute Gasteiger partial charge is 0.0700 e. The summed E-state index contributed by atoms with van der Waals surface area (Å²) in [5.41, 5.74) is 7.43. The fraction of sp³-hybridized carbons (Fsp3) is 0.444. The molecule has 66 valence electrons. The summed E-state index contributed by atoms with van der Waals surface area (Å²) in [5.74, 6) is 0. The van der Waals surface area contributed by atoms with E-state index in [0.29, 0.717) is 0 Å². The lowest BCUT2D eigenvalue weighted by Crippen LogP contribution is -2.13. The summed E-state index contributed by atoms with van der Waals surface area (Å²) in [5, 5.41) is 8.97. The first kappa shape index (κ1) is 9.16. The maximum atomic E-state index is 8.97. The van der Waals surface area contributed by atoms with Gasteiger partial charge in [-0.15, -0.1) is 0 Å². The van der Waals surface area contributed by atoms with Gasteiger partial charge in [-0.3, -0.25) is 4.98 Å². The van der Waals surface area contributed by atoms with E-state index in [-0.39, 0.29) is 12.6 Å². The van der Waals surface area contributed by atoms with Crippen molar-refractivity contribution >= 4 is 0 Å². The molecule has 0 aliphatic heterocycles. The average molecular weight is 166 g/mol. The van der Waals surface area contributed by atoms with Crippen LogP contribution >= 0.6 is 0 Å². The van der Waals surface area contributed by atoms with Crippen molar-refractivity contribution in [1.82, 2.24) is 4.98 Å². The number of rotatable bonds is 3. The second kappa shape index (κ2) is 4.18. The van der Waals surface area contributed by atoms with Crippen molar-refractivity contribution in [3.63, 3.8) is 0 Å². The molecule has 1 atom stereocenters. The molecule has 12 heavy (non-hydrogen) atoms. The summed E-state index contributed by atoms with van der Waals surface area (Å²) in [6, 6.07) is 3.59. The summed E-state index contributed by atoms with van der Waals surface area (Å²) >= 11 is 0. The molecule has 1 unspecified atom stereocenters. The van der Waals surface area contributed by atoms with Gasteiger partial charge in [-0.2, -0.15) is 0 Å². The lowest BCUT2D eigenvalue weighted by Gasteiger charge is -2.11. The van der Waals surface area contributed by atoms with Gasteiger partial charge in [0, 0.05) is 17.8 Å². The molecule has 0 spiro atoms. The van der Waals surface area contributed by atoms with Crippen molar-refractivity contribution in [3.05, 3.63) is 29.6 Å². The minimum Gasteiger partial charge on any atom is -0.392 e. The summed E-state index contributed by atoms with van der Waals surface area (Å²) < 4.78 is 0. The molecule has 1 rings (SSSR count). The van der Waals surface area contributed by atoms with Crippen molar-refractivity contribution in [2.75, 3.05) is 0 Å². The lowest BCUT2D eigenvalue weighted by atomic mass is 10.1. The summed E-state index contributed by atoms with van der Waals surface area (Å²) in [7, 11) is 0. The molecule has 3 nitrogen and oxygen atoms in total. The maximum Gasteiger partial charge on any atom is 0.0700 e. The normalized spacial score (nSPS) is 12.9. The monoisotopic (exact) mass is 166 g/mol. The van der Waals surface area contributed by atoms with Crippen LogP contribution in [0.25, 0.3) is 0 Å². The first-order valence-electron chi connectivity index (χ1n) is 4.09. The van der Waals surface area contributed by atoms with Crippen LogP contribution in [0.5, 0.6) is 0 Å². The van der Waals surface area contributed by atoms with E-state index in [9.17, 15) is 0 Å². The van der Waals surface area contributed by atoms with E-state index < -0.39 is 0 Å². The van der Waals surface area contributed by atoms with Gasteiger partial charge in [0.25, 0.3) is 0 Å². The van der Waals surface area contributed by atoms with Gasteiger partial charge in [0.15, 0.2) is 0 Å². The number of aliphatic hydroxyl groups excluding tert-OH is 1. The van der Waals surface area contributed by atoms with Crippen molar-refractivity contribution in [2.45, 2.75) is 26.0 Å². The highest BCUT2D eigenvalue weighted by atomic mass is 16.3. The summed E-state index contributed by atoms with van der Waals surface area (Å²) in [6.07, 6.45) is 2.54. The molecule has 0 aliphatic carbocycles. The molecule has 0 amide bonds. The van der Waals surface area contributed by atoms with Crippen LogP contribution in [0.15, 0.2) is 18.3 Å². The number of hydrogen-bond donors (Lipinski definition) is 2. The molecule has 1 heterocycles. The predicted octanol–water partition coefficient (Wildman–Crippen LogP) is 0.984. The predicted molar refractivity (Wildman–Crippen MR) is 47.4 cm³/mol. The minimum atomic E-state index is -0.0617. The van der Waals surface area contributed by atoms with Crippen molar-refractivity contribution in [2.24, 2.45) is 5.73 Å². The molecular weight excluding hydrogens is 152 g/mol. The molecule has 0 bridgehead atoms. The molecule has 3 N–H and O–H groups in total. The summed E-state index contributed by atoms with van der Waals surface area (Å²) in [4.78, 5) is 4.14. The molecule has 0 radical (unpaired) electrons. The van der Waals surface area contributed by atoms with Gasteiger partial charge in [-0.25, -0.2) is 0 Å². The zero-order valence-electron chi connectivity index (χ0n) is 7.20. The lowest BCUT2D eigenvalue weighted by molar-refractivity contribution is 0.279. The van der Waals surface area contributed by atoms with E-state index in [2.05, 4.69) is 4.98 Å². The van der Waals surface area contributed by atoms with Crippen molar-refractivity contribution in [3.8, 4) is 0 Å². The third-order valence-corrected chi connectivity index (χ3v) is 1.89. The second-order valence-electron chi connectivity index (χ2n) is 2.72. The molecular formula is C9H14N2O. The number of hydrogen-bond acceptors (Lipinski definition) is 3. The molecule has 0 saturated heterocycles. The van der Waals surface area contributed by atoms with Crippen LogP contribution < -0.4 is 5.73 Å². The summed E-state index contributed by atoms with van der Waals surface area (Å²) in [6.45, 7) is 2.01. The Bertz CT molecular complexity index is 250. The largest absolute Gasteiger partial charge is 0.392 e. The van der Waals surface area contributed by atoms with Gasteiger partial charge in [-0.05, 0) is 12.5 Å². The molecule has 1 aromatic rings. The molecule has 1 aromatic heterocycles. The zero-order valence-corrected chi connectivity index (χ0v) is 7.20. The molecule has 3 heteroatoms.